The van der Waals surface area contributed by atoms with Gasteiger partial charge in [-0.2, -0.15) is 0 Å². The number of piperidine rings is 1. The van der Waals surface area contributed by atoms with Gasteiger partial charge in [0.2, 0.25) is 0 Å². The second-order valence-electron chi connectivity index (χ2n) is 4.25. The normalized spacial score (nSPS) is 21.5. The molecule has 1 aliphatic heterocycles. The maximum absolute atomic E-state index is 5.70. The molecule has 1 saturated heterocycles. The molecule has 2 rings (SSSR count). The Labute approximate surface area is 90.3 Å². The summed E-state index contributed by atoms with van der Waals surface area (Å²) in [4.78, 5) is 8.49. The van der Waals surface area contributed by atoms with E-state index in [1.807, 2.05) is 13.0 Å². The van der Waals surface area contributed by atoms with Gasteiger partial charge in [-0.3, -0.25) is 0 Å². The zero-order valence-corrected chi connectivity index (χ0v) is 9.16. The van der Waals surface area contributed by atoms with Crippen LogP contribution in [-0.4, -0.2) is 23.1 Å². The average Bonchev–Trinajstić information content (AvgIpc) is 2.17. The molecule has 0 aliphatic carbocycles. The molecule has 4 heteroatoms. The highest BCUT2D eigenvalue weighted by Crippen LogP contribution is 2.16. The fraction of sp³-hybridized carbons (Fsp3) is 0.636. The van der Waals surface area contributed by atoms with E-state index in [0.717, 1.165) is 31.0 Å². The van der Waals surface area contributed by atoms with Crippen molar-refractivity contribution in [3.63, 3.8) is 0 Å². The first kappa shape index (κ1) is 10.4. The third-order valence-corrected chi connectivity index (χ3v) is 2.81. The minimum atomic E-state index is 0.585. The summed E-state index contributed by atoms with van der Waals surface area (Å²) >= 11 is 0. The van der Waals surface area contributed by atoms with E-state index in [2.05, 4.69) is 15.3 Å². The summed E-state index contributed by atoms with van der Waals surface area (Å²) in [6.07, 6.45) is 3.57. The standard InChI is InChI=1S/C11H18N4/c1-8-14-10(6-11(12)15-8)5-9-3-2-4-13-7-9/h6,9,13H,2-5,7H2,1H3,(H2,12,14,15). The van der Waals surface area contributed by atoms with Crippen LogP contribution in [0.1, 0.15) is 24.4 Å². The molecule has 1 aliphatic rings. The van der Waals surface area contributed by atoms with Crippen LogP contribution in [0.15, 0.2) is 6.07 Å². The quantitative estimate of drug-likeness (QED) is 0.755. The van der Waals surface area contributed by atoms with Gasteiger partial charge in [0.05, 0.1) is 0 Å². The lowest BCUT2D eigenvalue weighted by Gasteiger charge is -2.22. The molecule has 1 fully saturated rings. The lowest BCUT2D eigenvalue weighted by molar-refractivity contribution is 0.373. The van der Waals surface area contributed by atoms with Crippen LogP contribution in [0.5, 0.6) is 0 Å². The highest BCUT2D eigenvalue weighted by atomic mass is 14.9. The van der Waals surface area contributed by atoms with Gasteiger partial charge in [0.15, 0.2) is 0 Å². The first-order chi connectivity index (χ1) is 7.24. The summed E-state index contributed by atoms with van der Waals surface area (Å²) in [5.41, 5.74) is 6.78. The first-order valence-electron chi connectivity index (χ1n) is 5.55. The number of nitrogens with zero attached hydrogens (tertiary/aromatic N) is 2. The van der Waals surface area contributed by atoms with Crippen molar-refractivity contribution in [2.24, 2.45) is 5.92 Å². The number of anilines is 1. The van der Waals surface area contributed by atoms with Gasteiger partial charge < -0.3 is 11.1 Å². The van der Waals surface area contributed by atoms with Crippen LogP contribution < -0.4 is 11.1 Å². The van der Waals surface area contributed by atoms with Crippen molar-refractivity contribution in [3.05, 3.63) is 17.6 Å². The van der Waals surface area contributed by atoms with Crippen molar-refractivity contribution in [2.75, 3.05) is 18.8 Å². The topological polar surface area (TPSA) is 63.8 Å². The molecule has 0 radical (unpaired) electrons. The van der Waals surface area contributed by atoms with Gasteiger partial charge in [0, 0.05) is 11.8 Å². The van der Waals surface area contributed by atoms with Gasteiger partial charge in [0.1, 0.15) is 11.6 Å². The number of hydrogen-bond acceptors (Lipinski definition) is 4. The van der Waals surface area contributed by atoms with Gasteiger partial charge in [-0.1, -0.05) is 0 Å². The van der Waals surface area contributed by atoms with Crippen molar-refractivity contribution in [1.82, 2.24) is 15.3 Å². The summed E-state index contributed by atoms with van der Waals surface area (Å²) in [7, 11) is 0. The Morgan fingerprint density at radius 1 is 1.53 bits per heavy atom. The van der Waals surface area contributed by atoms with Crippen LogP contribution in [0.25, 0.3) is 0 Å². The lowest BCUT2D eigenvalue weighted by atomic mass is 9.94. The van der Waals surface area contributed by atoms with Gasteiger partial charge in [-0.15, -0.1) is 0 Å². The third-order valence-electron chi connectivity index (χ3n) is 2.81. The molecular weight excluding hydrogens is 188 g/mol. The van der Waals surface area contributed by atoms with Crippen molar-refractivity contribution in [1.29, 1.82) is 0 Å². The number of nitrogen functional groups attached to an aromatic ring is 1. The first-order valence-corrected chi connectivity index (χ1v) is 5.55. The van der Waals surface area contributed by atoms with Crippen LogP contribution in [0.2, 0.25) is 0 Å². The number of hydrogen-bond donors (Lipinski definition) is 2. The lowest BCUT2D eigenvalue weighted by Crippen LogP contribution is -2.31. The molecule has 1 aromatic heterocycles. The van der Waals surface area contributed by atoms with Gasteiger partial charge in [0.25, 0.3) is 0 Å². The van der Waals surface area contributed by atoms with Crippen LogP contribution in [0, 0.1) is 12.8 Å². The molecule has 0 aromatic carbocycles. The number of rotatable bonds is 2. The van der Waals surface area contributed by atoms with Crippen molar-refractivity contribution in [2.45, 2.75) is 26.2 Å². The third kappa shape index (κ3) is 2.89. The Morgan fingerprint density at radius 3 is 3.07 bits per heavy atom. The Kier molecular flexibility index (Phi) is 3.16. The predicted molar refractivity (Wildman–Crippen MR) is 60.5 cm³/mol. The van der Waals surface area contributed by atoms with E-state index in [1.54, 1.807) is 0 Å². The van der Waals surface area contributed by atoms with Gasteiger partial charge >= 0.3 is 0 Å². The number of aryl methyl sites for hydroxylation is 1. The highest BCUT2D eigenvalue weighted by Gasteiger charge is 2.14. The molecule has 2 heterocycles. The molecule has 4 nitrogen and oxygen atoms in total. The summed E-state index contributed by atoms with van der Waals surface area (Å²) in [5.74, 6) is 2.06. The van der Waals surface area contributed by atoms with Gasteiger partial charge in [-0.25, -0.2) is 9.97 Å². The Morgan fingerprint density at radius 2 is 2.40 bits per heavy atom. The van der Waals surface area contributed by atoms with Crippen LogP contribution in [-0.2, 0) is 6.42 Å². The molecule has 0 bridgehead atoms. The SMILES string of the molecule is Cc1nc(N)cc(CC2CCCNC2)n1. The molecule has 15 heavy (non-hydrogen) atoms. The smallest absolute Gasteiger partial charge is 0.127 e. The van der Waals surface area contributed by atoms with E-state index in [-0.39, 0.29) is 0 Å². The van der Waals surface area contributed by atoms with E-state index in [9.17, 15) is 0 Å². The Balaban J connectivity index is 2.02. The maximum atomic E-state index is 5.70. The van der Waals surface area contributed by atoms with E-state index in [1.165, 1.54) is 12.8 Å². The van der Waals surface area contributed by atoms with Crippen LogP contribution in [0.3, 0.4) is 0 Å². The van der Waals surface area contributed by atoms with E-state index in [4.69, 9.17) is 5.73 Å². The Bertz CT molecular complexity index is 311. The zero-order chi connectivity index (χ0) is 10.7. The van der Waals surface area contributed by atoms with E-state index < -0.39 is 0 Å². The van der Waals surface area contributed by atoms with Crippen LogP contribution >= 0.6 is 0 Å². The maximum Gasteiger partial charge on any atom is 0.127 e. The molecular formula is C11H18N4. The molecule has 1 aromatic rings. The van der Waals surface area contributed by atoms with Crippen molar-refractivity contribution in [3.8, 4) is 0 Å². The van der Waals surface area contributed by atoms with Crippen molar-refractivity contribution < 1.29 is 0 Å². The molecule has 82 valence electrons. The minimum Gasteiger partial charge on any atom is -0.384 e. The fourth-order valence-electron chi connectivity index (χ4n) is 2.15. The molecule has 1 atom stereocenters. The molecule has 1 unspecified atom stereocenters. The second-order valence-corrected chi connectivity index (χ2v) is 4.25. The molecule has 0 amide bonds. The summed E-state index contributed by atoms with van der Waals surface area (Å²) < 4.78 is 0. The van der Waals surface area contributed by atoms with Crippen molar-refractivity contribution >= 4 is 5.82 Å². The average molecular weight is 206 g/mol. The fourth-order valence-corrected chi connectivity index (χ4v) is 2.15. The summed E-state index contributed by atoms with van der Waals surface area (Å²) in [6.45, 7) is 4.14. The number of aromatic nitrogens is 2. The number of nitrogens with one attached hydrogen (secondary N) is 1. The summed E-state index contributed by atoms with van der Waals surface area (Å²) in [6, 6.07) is 1.89. The monoisotopic (exact) mass is 206 g/mol. The van der Waals surface area contributed by atoms with E-state index >= 15 is 0 Å². The van der Waals surface area contributed by atoms with E-state index in [0.29, 0.717) is 11.7 Å². The molecule has 3 N–H and O–H groups in total. The van der Waals surface area contributed by atoms with Crippen LogP contribution in [0.4, 0.5) is 5.82 Å². The largest absolute Gasteiger partial charge is 0.384 e. The second kappa shape index (κ2) is 4.57. The molecule has 0 spiro atoms. The van der Waals surface area contributed by atoms with Gasteiger partial charge in [-0.05, 0) is 45.2 Å². The highest BCUT2D eigenvalue weighted by molar-refractivity contribution is 5.29. The molecule has 0 saturated carbocycles. The summed E-state index contributed by atoms with van der Waals surface area (Å²) in [5, 5.41) is 3.41. The zero-order valence-electron chi connectivity index (χ0n) is 9.16. The predicted octanol–water partition coefficient (Wildman–Crippen LogP) is 0.909. The minimum absolute atomic E-state index is 0.585. The number of nitrogens with two attached hydrogens (primary N) is 1. The Hall–Kier alpha value is -1.16.